The highest BCUT2D eigenvalue weighted by Crippen LogP contribution is 2.41. The summed E-state index contributed by atoms with van der Waals surface area (Å²) < 4.78 is 22.1. The number of hydrogen-bond donors (Lipinski definition) is 0. The molecule has 0 spiro atoms. The summed E-state index contributed by atoms with van der Waals surface area (Å²) in [5.74, 6) is 0.698. The van der Waals surface area contributed by atoms with E-state index in [1.165, 1.54) is 41.2 Å². The molecule has 3 aromatic carbocycles. The molecule has 0 unspecified atom stereocenters. The highest BCUT2D eigenvalue weighted by Gasteiger charge is 2.32. The second kappa shape index (κ2) is 9.64. The molecule has 0 amide bonds. The van der Waals surface area contributed by atoms with Crippen LogP contribution in [0, 0.1) is 22.9 Å². The average molecular weight is 564 g/mol. The van der Waals surface area contributed by atoms with Gasteiger partial charge in [-0.15, -0.1) is 0 Å². The normalized spacial score (nSPS) is 16.1. The fraction of sp³-hybridized carbons (Fsp3) is 0.125. The highest BCUT2D eigenvalue weighted by molar-refractivity contribution is 7.07. The molecule has 0 N–H and O–H groups in total. The van der Waals surface area contributed by atoms with Crippen LogP contribution in [0.15, 0.2) is 98.6 Å². The SMILES string of the molecule is Cc1cc([N+](=O)[O-])ccc1-c1ccc(/C=c2/sc3n(c2=O)[C@@H](c2ccc(F)cc2)C2=C(N=3)c3ccccc3CC2)o1. The topological polar surface area (TPSA) is 90.6 Å². The van der Waals surface area contributed by atoms with Crippen LogP contribution in [0.2, 0.25) is 0 Å². The number of aromatic nitrogens is 1. The van der Waals surface area contributed by atoms with Crippen LogP contribution >= 0.6 is 11.3 Å². The van der Waals surface area contributed by atoms with Crippen molar-refractivity contribution in [2.24, 2.45) is 4.99 Å². The van der Waals surface area contributed by atoms with E-state index in [4.69, 9.17) is 9.41 Å². The number of aryl methyl sites for hydroxylation is 2. The van der Waals surface area contributed by atoms with E-state index in [1.54, 1.807) is 47.9 Å². The lowest BCUT2D eigenvalue weighted by atomic mass is 9.83. The van der Waals surface area contributed by atoms with Crippen LogP contribution in [0.1, 0.15) is 40.5 Å². The van der Waals surface area contributed by atoms with E-state index in [0.717, 1.165) is 40.8 Å². The van der Waals surface area contributed by atoms with Crippen LogP contribution in [-0.2, 0) is 6.42 Å². The molecule has 7 nitrogen and oxygen atoms in total. The first-order chi connectivity index (χ1) is 19.9. The summed E-state index contributed by atoms with van der Waals surface area (Å²) in [6.45, 7) is 1.79. The third kappa shape index (κ3) is 4.25. The van der Waals surface area contributed by atoms with Crippen LogP contribution in [-0.4, -0.2) is 9.49 Å². The molecule has 2 aliphatic rings. The molecule has 0 fully saturated rings. The fourth-order valence-electron chi connectivity index (χ4n) is 5.71. The number of nitro groups is 1. The van der Waals surface area contributed by atoms with Gasteiger partial charge in [-0.25, -0.2) is 9.38 Å². The Bertz CT molecular complexity index is 2090. The Morgan fingerprint density at radius 2 is 1.85 bits per heavy atom. The summed E-state index contributed by atoms with van der Waals surface area (Å²) in [6.07, 6.45) is 3.29. The summed E-state index contributed by atoms with van der Waals surface area (Å²) in [6, 6.07) is 22.3. The maximum Gasteiger partial charge on any atom is 0.271 e. The van der Waals surface area contributed by atoms with Gasteiger partial charge >= 0.3 is 0 Å². The number of furan rings is 1. The first-order valence-corrected chi connectivity index (χ1v) is 13.9. The number of nitro benzene ring substituents is 1. The maximum absolute atomic E-state index is 13.9. The van der Waals surface area contributed by atoms with Gasteiger partial charge < -0.3 is 4.42 Å². The van der Waals surface area contributed by atoms with Crippen molar-refractivity contribution in [2.75, 3.05) is 0 Å². The summed E-state index contributed by atoms with van der Waals surface area (Å²) in [7, 11) is 0. The number of non-ortho nitro benzene ring substituents is 1. The number of rotatable bonds is 4. The zero-order chi connectivity index (χ0) is 28.2. The summed E-state index contributed by atoms with van der Waals surface area (Å²) >= 11 is 1.29. The van der Waals surface area contributed by atoms with Gasteiger partial charge in [0.1, 0.15) is 17.3 Å². The van der Waals surface area contributed by atoms with Crippen LogP contribution in [0.4, 0.5) is 10.1 Å². The van der Waals surface area contributed by atoms with Crippen molar-refractivity contribution < 1.29 is 13.7 Å². The molecule has 7 rings (SSSR count). The Balaban J connectivity index is 1.36. The van der Waals surface area contributed by atoms with Crippen molar-refractivity contribution >= 4 is 28.8 Å². The lowest BCUT2D eigenvalue weighted by Gasteiger charge is -2.30. The lowest BCUT2D eigenvalue weighted by molar-refractivity contribution is -0.384. The Hall–Kier alpha value is -4.89. The van der Waals surface area contributed by atoms with Gasteiger partial charge in [-0.3, -0.25) is 19.5 Å². The van der Waals surface area contributed by atoms with Crippen molar-refractivity contribution in [3.05, 3.63) is 148 Å². The molecular weight excluding hydrogens is 541 g/mol. The van der Waals surface area contributed by atoms with Crippen LogP contribution in [0.25, 0.3) is 23.1 Å². The van der Waals surface area contributed by atoms with Gasteiger partial charge in [-0.1, -0.05) is 47.7 Å². The van der Waals surface area contributed by atoms with Crippen molar-refractivity contribution in [2.45, 2.75) is 25.8 Å². The highest BCUT2D eigenvalue weighted by atomic mass is 32.1. The van der Waals surface area contributed by atoms with Crippen molar-refractivity contribution in [1.82, 2.24) is 4.57 Å². The van der Waals surface area contributed by atoms with E-state index in [-0.39, 0.29) is 17.1 Å². The first kappa shape index (κ1) is 25.1. The third-order valence-corrected chi connectivity index (χ3v) is 8.63. The minimum absolute atomic E-state index is 0.0140. The number of nitrogens with zero attached hydrogens (tertiary/aromatic N) is 3. The van der Waals surface area contributed by atoms with Gasteiger partial charge in [0.05, 0.1) is 21.2 Å². The molecule has 3 heterocycles. The molecule has 9 heteroatoms. The standard InChI is InChI=1S/C32H22FN3O4S/c1-18-16-22(36(38)39)11-14-24(18)27-15-12-23(40-27)17-28-31(37)35-30(20-6-9-21(33)10-7-20)26-13-8-19-4-2-3-5-25(19)29(26)34-32(35)41-28/h2-7,9-12,14-17,30H,8,13H2,1H3/b28-17+/t30-/m0/s1. The molecule has 41 heavy (non-hydrogen) atoms. The second-order valence-corrected chi connectivity index (χ2v) is 11.1. The predicted molar refractivity (Wildman–Crippen MR) is 155 cm³/mol. The molecule has 2 aromatic heterocycles. The number of benzene rings is 3. The molecule has 5 aromatic rings. The fourth-order valence-corrected chi connectivity index (χ4v) is 6.69. The zero-order valence-corrected chi connectivity index (χ0v) is 22.7. The van der Waals surface area contributed by atoms with Crippen molar-refractivity contribution in [3.63, 3.8) is 0 Å². The molecular formula is C32H22FN3O4S. The van der Waals surface area contributed by atoms with Crippen LogP contribution < -0.4 is 14.9 Å². The largest absolute Gasteiger partial charge is 0.457 e. The molecule has 0 saturated carbocycles. The third-order valence-electron chi connectivity index (χ3n) is 7.65. The second-order valence-electron chi connectivity index (χ2n) is 10.1. The van der Waals surface area contributed by atoms with E-state index in [1.807, 2.05) is 12.1 Å². The van der Waals surface area contributed by atoms with E-state index < -0.39 is 11.0 Å². The monoisotopic (exact) mass is 563 g/mol. The summed E-state index contributed by atoms with van der Waals surface area (Å²) in [5, 5.41) is 11.1. The minimum Gasteiger partial charge on any atom is -0.457 e. The van der Waals surface area contributed by atoms with E-state index in [2.05, 4.69) is 12.1 Å². The van der Waals surface area contributed by atoms with Crippen LogP contribution in [0.3, 0.4) is 0 Å². The molecule has 0 saturated heterocycles. The Labute approximate surface area is 237 Å². The Morgan fingerprint density at radius 3 is 2.63 bits per heavy atom. The molecule has 0 bridgehead atoms. The Morgan fingerprint density at radius 1 is 1.05 bits per heavy atom. The number of allylic oxidation sites excluding steroid dienone is 1. The molecule has 1 aliphatic heterocycles. The molecule has 1 aliphatic carbocycles. The lowest BCUT2D eigenvalue weighted by Crippen LogP contribution is -2.38. The van der Waals surface area contributed by atoms with Crippen molar-refractivity contribution in [1.29, 1.82) is 0 Å². The van der Waals surface area contributed by atoms with Gasteiger partial charge in [-0.2, -0.15) is 0 Å². The van der Waals surface area contributed by atoms with E-state index in [9.17, 15) is 19.3 Å². The quantitative estimate of drug-likeness (QED) is 0.200. The number of fused-ring (bicyclic) bond motifs is 3. The molecule has 0 radical (unpaired) electrons. The number of halogens is 1. The molecule has 202 valence electrons. The summed E-state index contributed by atoms with van der Waals surface area (Å²) in [5.41, 5.74) is 6.30. The maximum atomic E-state index is 13.9. The summed E-state index contributed by atoms with van der Waals surface area (Å²) in [4.78, 5) is 30.2. The van der Waals surface area contributed by atoms with E-state index in [0.29, 0.717) is 26.4 Å². The van der Waals surface area contributed by atoms with Gasteiger partial charge in [-0.05, 0) is 72.4 Å². The Kier molecular flexibility index (Phi) is 5.90. The number of thiazole rings is 1. The van der Waals surface area contributed by atoms with Gasteiger partial charge in [0.25, 0.3) is 11.2 Å². The van der Waals surface area contributed by atoms with Gasteiger partial charge in [0.15, 0.2) is 4.80 Å². The van der Waals surface area contributed by atoms with Gasteiger partial charge in [0, 0.05) is 29.3 Å². The molecule has 1 atom stereocenters. The zero-order valence-electron chi connectivity index (χ0n) is 21.8. The van der Waals surface area contributed by atoms with Crippen molar-refractivity contribution in [3.8, 4) is 11.3 Å². The predicted octanol–water partition coefficient (Wildman–Crippen LogP) is 5.93. The first-order valence-electron chi connectivity index (χ1n) is 13.1. The van der Waals surface area contributed by atoms with Gasteiger partial charge in [0.2, 0.25) is 0 Å². The average Bonchev–Trinajstić information content (AvgIpc) is 3.56. The number of hydrogen-bond acceptors (Lipinski definition) is 6. The smallest absolute Gasteiger partial charge is 0.271 e. The van der Waals surface area contributed by atoms with Crippen LogP contribution in [0.5, 0.6) is 0 Å². The van der Waals surface area contributed by atoms with E-state index >= 15 is 0 Å². The minimum atomic E-state index is -0.431.